The monoisotopic (exact) mass is 248 g/mol. The Balaban J connectivity index is 2.79. The van der Waals surface area contributed by atoms with Gasteiger partial charge in [-0.1, -0.05) is 37.4 Å². The van der Waals surface area contributed by atoms with E-state index in [9.17, 15) is 0 Å². The molecule has 0 saturated carbocycles. The average molecular weight is 249 g/mol. The smallest absolute Gasteiger partial charge is 0.0813 e. The Morgan fingerprint density at radius 3 is 1.19 bits per heavy atom. The maximum Gasteiger partial charge on any atom is 0.0813 e. The van der Waals surface area contributed by atoms with Crippen molar-refractivity contribution in [2.45, 2.75) is 37.3 Å². The Kier molecular flexibility index (Phi) is 4.75. The van der Waals surface area contributed by atoms with E-state index in [-0.39, 0.29) is 0 Å². The Hall–Kier alpha value is -0.606. The SMILES string of the molecule is C=C[Si]1(C)C/C=C\C[Si](C)(C=C)C/C=C\C1. The molecular weight excluding hydrogens is 224 g/mol. The quantitative estimate of drug-likeness (QED) is 0.490. The van der Waals surface area contributed by atoms with Crippen molar-refractivity contribution in [2.75, 3.05) is 0 Å². The first-order chi connectivity index (χ1) is 7.54. The van der Waals surface area contributed by atoms with E-state index in [4.69, 9.17) is 0 Å². The zero-order chi connectivity index (χ0) is 12.1. The molecule has 16 heavy (non-hydrogen) atoms. The van der Waals surface area contributed by atoms with E-state index >= 15 is 0 Å². The first-order valence-electron chi connectivity index (χ1n) is 6.11. The van der Waals surface area contributed by atoms with Gasteiger partial charge < -0.3 is 0 Å². The molecule has 0 aliphatic carbocycles. The third-order valence-corrected chi connectivity index (χ3v) is 10.3. The van der Waals surface area contributed by atoms with Gasteiger partial charge in [0.05, 0.1) is 16.1 Å². The molecule has 0 atom stereocenters. The van der Waals surface area contributed by atoms with E-state index in [2.05, 4.69) is 62.0 Å². The summed E-state index contributed by atoms with van der Waals surface area (Å²) in [5.74, 6) is 0. The van der Waals surface area contributed by atoms with Gasteiger partial charge >= 0.3 is 0 Å². The molecule has 0 fully saturated rings. The lowest BCUT2D eigenvalue weighted by Crippen LogP contribution is -2.28. The maximum atomic E-state index is 4.01. The zero-order valence-corrected chi connectivity index (χ0v) is 12.7. The summed E-state index contributed by atoms with van der Waals surface area (Å²) in [5.41, 5.74) is 4.46. The number of rotatable bonds is 2. The minimum absolute atomic E-state index is 1.22. The van der Waals surface area contributed by atoms with Crippen molar-refractivity contribution in [3.8, 4) is 0 Å². The van der Waals surface area contributed by atoms with Crippen molar-refractivity contribution in [1.82, 2.24) is 0 Å². The van der Waals surface area contributed by atoms with E-state index in [0.29, 0.717) is 0 Å². The molecule has 0 aromatic carbocycles. The van der Waals surface area contributed by atoms with Crippen LogP contribution in [0.2, 0.25) is 37.3 Å². The molecule has 1 aliphatic heterocycles. The Morgan fingerprint density at radius 1 is 0.750 bits per heavy atom. The second kappa shape index (κ2) is 5.64. The highest BCUT2D eigenvalue weighted by atomic mass is 28.3. The highest BCUT2D eigenvalue weighted by Crippen LogP contribution is 2.24. The van der Waals surface area contributed by atoms with Crippen molar-refractivity contribution in [2.24, 2.45) is 0 Å². The predicted octanol–water partition coefficient (Wildman–Crippen LogP) is 4.72. The fourth-order valence-corrected chi connectivity index (χ4v) is 5.73. The van der Waals surface area contributed by atoms with Gasteiger partial charge in [-0.25, -0.2) is 0 Å². The van der Waals surface area contributed by atoms with Gasteiger partial charge in [-0.2, -0.15) is 0 Å². The molecule has 1 rings (SSSR count). The Morgan fingerprint density at radius 2 is 1.00 bits per heavy atom. The number of allylic oxidation sites excluding steroid dienone is 4. The molecule has 0 nitrogen and oxygen atoms in total. The van der Waals surface area contributed by atoms with Crippen LogP contribution in [-0.4, -0.2) is 16.1 Å². The molecule has 0 amide bonds. The summed E-state index contributed by atoms with van der Waals surface area (Å²) in [6, 6.07) is 4.95. The first kappa shape index (κ1) is 13.5. The van der Waals surface area contributed by atoms with Crippen molar-refractivity contribution in [1.29, 1.82) is 0 Å². The molecule has 0 unspecified atom stereocenters. The van der Waals surface area contributed by atoms with E-state index < -0.39 is 16.1 Å². The molecule has 0 spiro atoms. The van der Waals surface area contributed by atoms with Crippen LogP contribution in [0.25, 0.3) is 0 Å². The van der Waals surface area contributed by atoms with E-state index in [1.54, 1.807) is 0 Å². The molecule has 0 N–H and O–H groups in total. The van der Waals surface area contributed by atoms with Gasteiger partial charge in [0.2, 0.25) is 0 Å². The van der Waals surface area contributed by atoms with Crippen molar-refractivity contribution >= 4 is 16.1 Å². The van der Waals surface area contributed by atoms with Crippen LogP contribution >= 0.6 is 0 Å². The summed E-state index contributed by atoms with van der Waals surface area (Å²) in [5, 5.41) is 0. The maximum absolute atomic E-state index is 4.01. The Bertz CT molecular complexity index is 265. The third-order valence-electron chi connectivity index (χ3n) is 3.66. The zero-order valence-electron chi connectivity index (χ0n) is 10.7. The fraction of sp³-hybridized carbons (Fsp3) is 0.429. The van der Waals surface area contributed by atoms with Crippen molar-refractivity contribution in [3.63, 3.8) is 0 Å². The standard InChI is InChI=1S/C14H24Si2/c1-5-15(3)11-7-9-13-16(4,6-2)14-10-8-12-15/h5-10H,1-2,11-14H2,3-4H3/b9-7-,10-8-. The normalized spacial score (nSPS) is 39.6. The van der Waals surface area contributed by atoms with Gasteiger partial charge in [0.1, 0.15) is 0 Å². The summed E-state index contributed by atoms with van der Waals surface area (Å²) >= 11 is 0. The second-order valence-electron chi connectivity index (χ2n) is 5.48. The van der Waals surface area contributed by atoms with Gasteiger partial charge in [0, 0.05) is 0 Å². The molecule has 0 bridgehead atoms. The topological polar surface area (TPSA) is 0 Å². The Labute approximate surface area is 102 Å². The van der Waals surface area contributed by atoms with Crippen LogP contribution in [0.5, 0.6) is 0 Å². The van der Waals surface area contributed by atoms with Gasteiger partial charge in [-0.15, -0.1) is 24.6 Å². The molecule has 1 heterocycles. The highest BCUT2D eigenvalue weighted by molar-refractivity contribution is 6.85. The van der Waals surface area contributed by atoms with Crippen LogP contribution in [0.15, 0.2) is 48.9 Å². The highest BCUT2D eigenvalue weighted by Gasteiger charge is 2.23. The van der Waals surface area contributed by atoms with Crippen molar-refractivity contribution in [3.05, 3.63) is 48.9 Å². The molecular formula is C14H24Si2. The summed E-state index contributed by atoms with van der Waals surface area (Å²) in [7, 11) is -2.45. The molecule has 1 aliphatic rings. The lowest BCUT2D eigenvalue weighted by Gasteiger charge is -2.23. The van der Waals surface area contributed by atoms with Gasteiger partial charge in [0.15, 0.2) is 0 Å². The summed E-state index contributed by atoms with van der Waals surface area (Å²) in [6.07, 6.45) is 9.56. The third kappa shape index (κ3) is 3.76. The molecule has 0 saturated heterocycles. The first-order valence-corrected chi connectivity index (χ1v) is 12.1. The molecule has 0 aromatic rings. The molecule has 0 radical (unpaired) electrons. The van der Waals surface area contributed by atoms with Crippen LogP contribution in [0.1, 0.15) is 0 Å². The predicted molar refractivity (Wildman–Crippen MR) is 81.1 cm³/mol. The van der Waals surface area contributed by atoms with Crippen molar-refractivity contribution < 1.29 is 0 Å². The minimum Gasteiger partial charge on any atom is -0.107 e. The van der Waals surface area contributed by atoms with Crippen LogP contribution in [0.3, 0.4) is 0 Å². The van der Waals surface area contributed by atoms with Gasteiger partial charge in [-0.3, -0.25) is 0 Å². The average Bonchev–Trinajstić information content (AvgIpc) is 2.30. The lowest BCUT2D eigenvalue weighted by molar-refractivity contribution is 1.36. The van der Waals surface area contributed by atoms with Crippen LogP contribution in [-0.2, 0) is 0 Å². The lowest BCUT2D eigenvalue weighted by atomic mass is 10.6. The molecule has 88 valence electrons. The molecule has 2 heteroatoms. The minimum atomic E-state index is -1.22. The summed E-state index contributed by atoms with van der Waals surface area (Å²) in [6.45, 7) is 12.9. The van der Waals surface area contributed by atoms with E-state index in [1.807, 2.05) is 0 Å². The fourth-order valence-electron chi connectivity index (χ4n) is 1.91. The summed E-state index contributed by atoms with van der Waals surface area (Å²) < 4.78 is 0. The van der Waals surface area contributed by atoms with Gasteiger partial charge in [0.25, 0.3) is 0 Å². The van der Waals surface area contributed by atoms with E-state index in [1.165, 1.54) is 24.2 Å². The largest absolute Gasteiger partial charge is 0.107 e. The summed E-state index contributed by atoms with van der Waals surface area (Å²) in [4.78, 5) is 0. The van der Waals surface area contributed by atoms with E-state index in [0.717, 1.165) is 0 Å². The van der Waals surface area contributed by atoms with Gasteiger partial charge in [-0.05, 0) is 24.2 Å². The van der Waals surface area contributed by atoms with Crippen LogP contribution in [0, 0.1) is 0 Å². The molecule has 0 aromatic heterocycles. The number of hydrogen-bond donors (Lipinski definition) is 0. The van der Waals surface area contributed by atoms with Crippen LogP contribution < -0.4 is 0 Å². The van der Waals surface area contributed by atoms with Crippen LogP contribution in [0.4, 0.5) is 0 Å². The number of hydrogen-bond acceptors (Lipinski definition) is 0. The second-order valence-corrected chi connectivity index (χ2v) is 14.5.